The van der Waals surface area contributed by atoms with Crippen LogP contribution in [-0.4, -0.2) is 49.6 Å². The van der Waals surface area contributed by atoms with Crippen LogP contribution in [0, 0.1) is 5.92 Å². The van der Waals surface area contributed by atoms with E-state index < -0.39 is 23.6 Å². The molecular formula is C16H16ClF3N2O3. The van der Waals surface area contributed by atoms with Gasteiger partial charge in [0.1, 0.15) is 0 Å². The van der Waals surface area contributed by atoms with Crippen LogP contribution in [0.15, 0.2) is 18.2 Å². The van der Waals surface area contributed by atoms with Gasteiger partial charge in [0.15, 0.2) is 0 Å². The molecule has 2 aliphatic heterocycles. The van der Waals surface area contributed by atoms with Crippen molar-refractivity contribution in [2.75, 3.05) is 37.7 Å². The van der Waals surface area contributed by atoms with Gasteiger partial charge >= 0.3 is 6.18 Å². The molecule has 2 saturated heterocycles. The lowest BCUT2D eigenvalue weighted by molar-refractivity contribution is -0.139. The first-order valence-corrected chi connectivity index (χ1v) is 8.19. The predicted octanol–water partition coefficient (Wildman–Crippen LogP) is 2.57. The number of benzene rings is 1. The molecule has 0 spiro atoms. The number of carbonyl (C=O) groups is 2. The second-order valence-corrected chi connectivity index (χ2v) is 6.44. The van der Waals surface area contributed by atoms with Gasteiger partial charge in [-0.1, -0.05) is 11.6 Å². The van der Waals surface area contributed by atoms with Crippen LogP contribution in [0.2, 0.25) is 5.02 Å². The molecule has 0 radical (unpaired) electrons. The van der Waals surface area contributed by atoms with Crippen molar-refractivity contribution >= 4 is 29.1 Å². The molecule has 1 aromatic rings. The maximum atomic E-state index is 13.3. The summed E-state index contributed by atoms with van der Waals surface area (Å²) in [7, 11) is 0. The van der Waals surface area contributed by atoms with E-state index >= 15 is 0 Å². The molecule has 0 bridgehead atoms. The Morgan fingerprint density at radius 1 is 1.24 bits per heavy atom. The molecule has 3 rings (SSSR count). The zero-order chi connectivity index (χ0) is 18.2. The van der Waals surface area contributed by atoms with Crippen molar-refractivity contribution < 1.29 is 27.5 Å². The first kappa shape index (κ1) is 18.0. The zero-order valence-corrected chi connectivity index (χ0v) is 13.9. The summed E-state index contributed by atoms with van der Waals surface area (Å²) in [5, 5.41) is -0.0661. The first-order valence-electron chi connectivity index (χ1n) is 7.81. The summed E-state index contributed by atoms with van der Waals surface area (Å²) >= 11 is 5.67. The molecule has 0 saturated carbocycles. The van der Waals surface area contributed by atoms with E-state index in [1.165, 1.54) is 12.1 Å². The smallest absolute Gasteiger partial charge is 0.378 e. The van der Waals surface area contributed by atoms with Crippen molar-refractivity contribution in [2.45, 2.75) is 12.6 Å². The predicted molar refractivity (Wildman–Crippen MR) is 84.3 cm³/mol. The Hall–Kier alpha value is -1.80. The molecule has 1 aromatic carbocycles. The van der Waals surface area contributed by atoms with Crippen molar-refractivity contribution in [3.8, 4) is 0 Å². The lowest BCUT2D eigenvalue weighted by Crippen LogP contribution is -2.44. The maximum Gasteiger partial charge on any atom is 0.418 e. The van der Waals surface area contributed by atoms with E-state index in [4.69, 9.17) is 16.3 Å². The van der Waals surface area contributed by atoms with Crippen molar-refractivity contribution in [3.63, 3.8) is 0 Å². The van der Waals surface area contributed by atoms with Gasteiger partial charge in [0.25, 0.3) is 0 Å². The zero-order valence-electron chi connectivity index (χ0n) is 13.2. The van der Waals surface area contributed by atoms with E-state index in [1.54, 1.807) is 4.90 Å². The molecule has 9 heteroatoms. The van der Waals surface area contributed by atoms with Crippen LogP contribution in [0.3, 0.4) is 0 Å². The highest BCUT2D eigenvalue weighted by atomic mass is 35.5. The standard InChI is InChI=1S/C16H16ClF3N2O3/c17-11-1-2-13(12(8-11)16(18,19)20)22-9-10(7-14(22)23)15(24)21-3-5-25-6-4-21/h1-2,8,10H,3-7,9H2. The third-order valence-electron chi connectivity index (χ3n) is 4.35. The van der Waals surface area contributed by atoms with Gasteiger partial charge in [0.2, 0.25) is 11.8 Å². The summed E-state index contributed by atoms with van der Waals surface area (Å²) in [4.78, 5) is 27.4. The van der Waals surface area contributed by atoms with Crippen LogP contribution in [0.25, 0.3) is 0 Å². The number of hydrogen-bond acceptors (Lipinski definition) is 3. The van der Waals surface area contributed by atoms with Crippen LogP contribution < -0.4 is 4.90 Å². The minimum Gasteiger partial charge on any atom is -0.378 e. The van der Waals surface area contributed by atoms with Gasteiger partial charge in [-0.3, -0.25) is 9.59 Å². The highest BCUT2D eigenvalue weighted by molar-refractivity contribution is 6.30. The SMILES string of the molecule is O=C(C1CC(=O)N(c2ccc(Cl)cc2C(F)(F)F)C1)N1CCOCC1. The summed E-state index contributed by atoms with van der Waals surface area (Å²) in [6.07, 6.45) is -4.75. The quantitative estimate of drug-likeness (QED) is 0.797. The number of anilines is 1. The lowest BCUT2D eigenvalue weighted by atomic mass is 10.1. The summed E-state index contributed by atoms with van der Waals surface area (Å²) < 4.78 is 45.0. The number of halogens is 4. The molecule has 25 heavy (non-hydrogen) atoms. The average molecular weight is 377 g/mol. The normalized spacial score (nSPS) is 21.8. The van der Waals surface area contributed by atoms with Crippen LogP contribution in [-0.2, 0) is 20.5 Å². The molecule has 2 aliphatic rings. The van der Waals surface area contributed by atoms with Crippen molar-refractivity contribution in [2.24, 2.45) is 5.92 Å². The van der Waals surface area contributed by atoms with Gasteiger partial charge in [0, 0.05) is 31.1 Å². The van der Waals surface area contributed by atoms with Gasteiger partial charge in [-0.2, -0.15) is 13.2 Å². The Kier molecular flexibility index (Phi) is 4.92. The van der Waals surface area contributed by atoms with E-state index in [0.29, 0.717) is 26.3 Å². The molecule has 136 valence electrons. The Morgan fingerprint density at radius 2 is 1.92 bits per heavy atom. The third-order valence-corrected chi connectivity index (χ3v) is 4.59. The molecular weight excluding hydrogens is 361 g/mol. The molecule has 0 N–H and O–H groups in total. The lowest BCUT2D eigenvalue weighted by Gasteiger charge is -2.29. The number of amides is 2. The fourth-order valence-corrected chi connectivity index (χ4v) is 3.29. The second kappa shape index (κ2) is 6.84. The molecule has 0 aromatic heterocycles. The number of rotatable bonds is 2. The topological polar surface area (TPSA) is 49.9 Å². The van der Waals surface area contributed by atoms with E-state index in [-0.39, 0.29) is 29.6 Å². The average Bonchev–Trinajstić information content (AvgIpc) is 2.96. The molecule has 0 aliphatic carbocycles. The Balaban J connectivity index is 1.83. The molecule has 2 amide bonds. The van der Waals surface area contributed by atoms with E-state index in [0.717, 1.165) is 11.0 Å². The fraction of sp³-hybridized carbons (Fsp3) is 0.500. The number of hydrogen-bond donors (Lipinski definition) is 0. The molecule has 1 unspecified atom stereocenters. The number of carbonyl (C=O) groups excluding carboxylic acids is 2. The maximum absolute atomic E-state index is 13.3. The van der Waals surface area contributed by atoms with Gasteiger partial charge in [-0.25, -0.2) is 0 Å². The summed E-state index contributed by atoms with van der Waals surface area (Å²) in [6, 6.07) is 3.27. The molecule has 1 atom stereocenters. The monoisotopic (exact) mass is 376 g/mol. The Bertz CT molecular complexity index is 690. The van der Waals surface area contributed by atoms with Gasteiger partial charge in [0.05, 0.1) is 30.4 Å². The van der Waals surface area contributed by atoms with Crippen LogP contribution in [0.1, 0.15) is 12.0 Å². The minimum absolute atomic E-state index is 0.0661. The molecule has 2 fully saturated rings. The number of morpholine rings is 1. The molecule has 5 nitrogen and oxygen atoms in total. The van der Waals surface area contributed by atoms with Crippen LogP contribution in [0.5, 0.6) is 0 Å². The summed E-state index contributed by atoms with van der Waals surface area (Å²) in [5.41, 5.74) is -1.24. The Labute approximate surface area is 147 Å². The van der Waals surface area contributed by atoms with Crippen LogP contribution >= 0.6 is 11.6 Å². The van der Waals surface area contributed by atoms with Crippen LogP contribution in [0.4, 0.5) is 18.9 Å². The Morgan fingerprint density at radius 3 is 2.56 bits per heavy atom. The largest absolute Gasteiger partial charge is 0.418 e. The van der Waals surface area contributed by atoms with Gasteiger partial charge in [-0.15, -0.1) is 0 Å². The van der Waals surface area contributed by atoms with E-state index in [9.17, 15) is 22.8 Å². The summed E-state index contributed by atoms with van der Waals surface area (Å²) in [6.45, 7) is 1.63. The second-order valence-electron chi connectivity index (χ2n) is 6.00. The third kappa shape index (κ3) is 3.74. The highest BCUT2D eigenvalue weighted by Crippen LogP contribution is 2.40. The van der Waals surface area contributed by atoms with E-state index in [1.807, 2.05) is 0 Å². The highest BCUT2D eigenvalue weighted by Gasteiger charge is 2.42. The number of ether oxygens (including phenoxy) is 1. The van der Waals surface area contributed by atoms with E-state index in [2.05, 4.69) is 0 Å². The minimum atomic E-state index is -4.65. The number of nitrogens with zero attached hydrogens (tertiary/aromatic N) is 2. The fourth-order valence-electron chi connectivity index (χ4n) is 3.12. The summed E-state index contributed by atoms with van der Waals surface area (Å²) in [5.74, 6) is -1.37. The van der Waals surface area contributed by atoms with Crippen molar-refractivity contribution in [1.82, 2.24) is 4.90 Å². The number of alkyl halides is 3. The van der Waals surface area contributed by atoms with Crippen molar-refractivity contribution in [1.29, 1.82) is 0 Å². The van der Waals surface area contributed by atoms with Crippen molar-refractivity contribution in [3.05, 3.63) is 28.8 Å². The van der Waals surface area contributed by atoms with Gasteiger partial charge < -0.3 is 14.5 Å². The molecule has 2 heterocycles. The van der Waals surface area contributed by atoms with Gasteiger partial charge in [-0.05, 0) is 18.2 Å². The first-order chi connectivity index (χ1) is 11.8.